The van der Waals surface area contributed by atoms with E-state index in [1.165, 1.54) is 73.7 Å². The van der Waals surface area contributed by atoms with Gasteiger partial charge in [0.25, 0.3) is 0 Å². The summed E-state index contributed by atoms with van der Waals surface area (Å²) in [6, 6.07) is 13.3. The van der Waals surface area contributed by atoms with E-state index in [9.17, 15) is 0 Å². The summed E-state index contributed by atoms with van der Waals surface area (Å²) in [7, 11) is 0. The van der Waals surface area contributed by atoms with Crippen LogP contribution in [0.1, 0.15) is 44.9 Å². The Hall–Kier alpha value is -1.19. The lowest BCUT2D eigenvalue weighted by molar-refractivity contribution is 0.210. The standard InChI is InChI=1S/C20H25NOS/c1-4-12-21(13-5-1)23-20-11-9-16-14-19(10-8-17(16)15-20)22-18-6-2-3-7-18/h8-11,14-15,18H,1-7,12-13H2. The Morgan fingerprint density at radius 1 is 0.826 bits per heavy atom. The van der Waals surface area contributed by atoms with Gasteiger partial charge in [0.2, 0.25) is 0 Å². The Bertz CT molecular complexity index is 660. The summed E-state index contributed by atoms with van der Waals surface area (Å²) in [6.07, 6.45) is 9.54. The molecule has 2 fully saturated rings. The summed E-state index contributed by atoms with van der Waals surface area (Å²) < 4.78 is 8.62. The predicted octanol–water partition coefficient (Wildman–Crippen LogP) is 5.65. The van der Waals surface area contributed by atoms with Crippen LogP contribution in [0.5, 0.6) is 5.75 Å². The minimum Gasteiger partial charge on any atom is -0.490 e. The molecule has 2 aliphatic rings. The predicted molar refractivity (Wildman–Crippen MR) is 98.1 cm³/mol. The highest BCUT2D eigenvalue weighted by molar-refractivity contribution is 7.97. The molecule has 1 heterocycles. The first kappa shape index (κ1) is 15.3. The molecular weight excluding hydrogens is 302 g/mol. The zero-order chi connectivity index (χ0) is 15.5. The van der Waals surface area contributed by atoms with Gasteiger partial charge < -0.3 is 4.74 Å². The highest BCUT2D eigenvalue weighted by atomic mass is 32.2. The average Bonchev–Trinajstić information content (AvgIpc) is 3.09. The maximum Gasteiger partial charge on any atom is 0.120 e. The molecule has 1 saturated carbocycles. The Balaban J connectivity index is 1.48. The van der Waals surface area contributed by atoms with E-state index in [0.29, 0.717) is 6.10 Å². The van der Waals surface area contributed by atoms with Crippen molar-refractivity contribution < 1.29 is 4.74 Å². The molecule has 4 rings (SSSR count). The fraction of sp³-hybridized carbons (Fsp3) is 0.500. The number of rotatable bonds is 4. The average molecular weight is 327 g/mol. The van der Waals surface area contributed by atoms with Crippen LogP contribution >= 0.6 is 11.9 Å². The van der Waals surface area contributed by atoms with E-state index < -0.39 is 0 Å². The highest BCUT2D eigenvalue weighted by Crippen LogP contribution is 2.31. The van der Waals surface area contributed by atoms with Crippen LogP contribution in [-0.4, -0.2) is 23.5 Å². The number of piperidine rings is 1. The van der Waals surface area contributed by atoms with Gasteiger partial charge in [-0.05, 0) is 85.5 Å². The van der Waals surface area contributed by atoms with E-state index in [-0.39, 0.29) is 0 Å². The van der Waals surface area contributed by atoms with Gasteiger partial charge in [-0.1, -0.05) is 18.6 Å². The summed E-state index contributed by atoms with van der Waals surface area (Å²) in [5.41, 5.74) is 0. The van der Waals surface area contributed by atoms with Gasteiger partial charge in [0, 0.05) is 18.0 Å². The quantitative estimate of drug-likeness (QED) is 0.673. The van der Waals surface area contributed by atoms with E-state index in [0.717, 1.165) is 5.75 Å². The van der Waals surface area contributed by atoms with Crippen LogP contribution in [0.2, 0.25) is 0 Å². The fourth-order valence-electron chi connectivity index (χ4n) is 3.64. The van der Waals surface area contributed by atoms with E-state index in [1.54, 1.807) is 0 Å². The summed E-state index contributed by atoms with van der Waals surface area (Å²) in [6.45, 7) is 2.44. The lowest BCUT2D eigenvalue weighted by atomic mass is 10.1. The summed E-state index contributed by atoms with van der Waals surface area (Å²) in [4.78, 5) is 1.35. The van der Waals surface area contributed by atoms with Crippen molar-refractivity contribution in [3.8, 4) is 5.75 Å². The third-order valence-corrected chi connectivity index (χ3v) is 6.03. The van der Waals surface area contributed by atoms with Crippen molar-refractivity contribution in [1.82, 2.24) is 4.31 Å². The Morgan fingerprint density at radius 2 is 1.57 bits per heavy atom. The van der Waals surface area contributed by atoms with Crippen molar-refractivity contribution in [2.24, 2.45) is 0 Å². The van der Waals surface area contributed by atoms with Crippen LogP contribution in [0.25, 0.3) is 10.8 Å². The van der Waals surface area contributed by atoms with Crippen LogP contribution in [-0.2, 0) is 0 Å². The second kappa shape index (κ2) is 7.14. The van der Waals surface area contributed by atoms with E-state index in [4.69, 9.17) is 4.74 Å². The molecule has 0 radical (unpaired) electrons. The summed E-state index contributed by atoms with van der Waals surface area (Å²) >= 11 is 1.91. The SMILES string of the molecule is c1cc2cc(SN3CCCCC3)ccc2cc1OC1CCCC1. The van der Waals surface area contributed by atoms with E-state index in [1.807, 2.05) is 11.9 Å². The first-order valence-electron chi connectivity index (χ1n) is 9.00. The van der Waals surface area contributed by atoms with Crippen molar-refractivity contribution in [2.45, 2.75) is 55.9 Å². The normalized spacial score (nSPS) is 20.2. The smallest absolute Gasteiger partial charge is 0.120 e. The Morgan fingerprint density at radius 3 is 2.39 bits per heavy atom. The number of benzene rings is 2. The molecule has 0 amide bonds. The van der Waals surface area contributed by atoms with Crippen molar-refractivity contribution in [2.75, 3.05) is 13.1 Å². The van der Waals surface area contributed by atoms with Gasteiger partial charge in [-0.2, -0.15) is 0 Å². The zero-order valence-corrected chi connectivity index (χ0v) is 14.5. The van der Waals surface area contributed by atoms with Crippen LogP contribution in [0.3, 0.4) is 0 Å². The van der Waals surface area contributed by atoms with E-state index >= 15 is 0 Å². The minimum atomic E-state index is 0.432. The van der Waals surface area contributed by atoms with Crippen molar-refractivity contribution in [3.63, 3.8) is 0 Å². The zero-order valence-electron chi connectivity index (χ0n) is 13.7. The Kier molecular flexibility index (Phi) is 4.77. The second-order valence-corrected chi connectivity index (χ2v) is 7.95. The molecule has 0 bridgehead atoms. The van der Waals surface area contributed by atoms with Crippen LogP contribution in [0, 0.1) is 0 Å². The Labute approximate surface area is 143 Å². The van der Waals surface area contributed by atoms with Crippen LogP contribution in [0.15, 0.2) is 41.3 Å². The molecule has 1 aliphatic heterocycles. The monoisotopic (exact) mass is 327 g/mol. The molecule has 122 valence electrons. The fourth-order valence-corrected chi connectivity index (χ4v) is 4.68. The largest absolute Gasteiger partial charge is 0.490 e. The molecule has 2 aromatic carbocycles. The van der Waals surface area contributed by atoms with Gasteiger partial charge in [0.05, 0.1) is 6.10 Å². The molecule has 0 N–H and O–H groups in total. The third-order valence-electron chi connectivity index (χ3n) is 4.94. The molecule has 2 aromatic rings. The first-order chi connectivity index (χ1) is 11.4. The third kappa shape index (κ3) is 3.84. The molecule has 0 spiro atoms. The molecule has 0 aromatic heterocycles. The van der Waals surface area contributed by atoms with Gasteiger partial charge in [0.1, 0.15) is 5.75 Å². The van der Waals surface area contributed by atoms with Gasteiger partial charge in [0.15, 0.2) is 0 Å². The molecule has 0 unspecified atom stereocenters. The van der Waals surface area contributed by atoms with E-state index in [2.05, 4.69) is 40.7 Å². The summed E-state index contributed by atoms with van der Waals surface area (Å²) in [5, 5.41) is 2.59. The lowest BCUT2D eigenvalue weighted by Crippen LogP contribution is -2.22. The number of hydrogen-bond donors (Lipinski definition) is 0. The van der Waals surface area contributed by atoms with Crippen LogP contribution in [0.4, 0.5) is 0 Å². The minimum absolute atomic E-state index is 0.432. The number of ether oxygens (including phenoxy) is 1. The maximum absolute atomic E-state index is 6.12. The number of nitrogens with zero attached hydrogens (tertiary/aromatic N) is 1. The van der Waals surface area contributed by atoms with Crippen molar-refractivity contribution in [3.05, 3.63) is 36.4 Å². The topological polar surface area (TPSA) is 12.5 Å². The molecule has 0 atom stereocenters. The molecular formula is C20H25NOS. The molecule has 23 heavy (non-hydrogen) atoms. The maximum atomic E-state index is 6.12. The van der Waals surface area contributed by atoms with Crippen molar-refractivity contribution >= 4 is 22.7 Å². The molecule has 1 saturated heterocycles. The number of fused-ring (bicyclic) bond motifs is 1. The van der Waals surface area contributed by atoms with Gasteiger partial charge in [-0.3, -0.25) is 0 Å². The van der Waals surface area contributed by atoms with Crippen molar-refractivity contribution in [1.29, 1.82) is 0 Å². The summed E-state index contributed by atoms with van der Waals surface area (Å²) in [5.74, 6) is 1.03. The first-order valence-corrected chi connectivity index (χ1v) is 9.77. The van der Waals surface area contributed by atoms with Gasteiger partial charge in [-0.25, -0.2) is 4.31 Å². The molecule has 3 heteroatoms. The van der Waals surface area contributed by atoms with Crippen LogP contribution < -0.4 is 4.74 Å². The molecule has 2 nitrogen and oxygen atoms in total. The number of hydrogen-bond acceptors (Lipinski definition) is 3. The van der Waals surface area contributed by atoms with Gasteiger partial charge >= 0.3 is 0 Å². The second-order valence-electron chi connectivity index (χ2n) is 6.78. The lowest BCUT2D eigenvalue weighted by Gasteiger charge is -2.25. The van der Waals surface area contributed by atoms with Gasteiger partial charge in [-0.15, -0.1) is 0 Å². The highest BCUT2D eigenvalue weighted by Gasteiger charge is 2.16. The molecule has 1 aliphatic carbocycles.